The highest BCUT2D eigenvalue weighted by Crippen LogP contribution is 2.46. The molecule has 0 spiro atoms. The second kappa shape index (κ2) is 18.1. The molecule has 0 saturated heterocycles. The molecule has 4 heterocycles. The van der Waals surface area contributed by atoms with Gasteiger partial charge < -0.3 is 28.4 Å². The molecule has 0 aliphatic carbocycles. The maximum atomic E-state index is 7.20. The predicted octanol–water partition coefficient (Wildman–Crippen LogP) is 17.2. The number of nitrogens with zero attached hydrogens (tertiary/aromatic N) is 4. The summed E-state index contributed by atoms with van der Waals surface area (Å²) in [5, 5.41) is 4.77. The molecule has 2 aromatic heterocycles. The van der Waals surface area contributed by atoms with E-state index in [2.05, 4.69) is 304 Å². The van der Waals surface area contributed by atoms with Crippen molar-refractivity contribution in [3.8, 4) is 45.5 Å². The maximum Gasteiger partial charge on any atom is 0.260 e. The van der Waals surface area contributed by atoms with Gasteiger partial charge in [0.25, 0.3) is 6.71 Å². The van der Waals surface area contributed by atoms with Gasteiger partial charge in [-0.05, 0) is 143 Å². The van der Waals surface area contributed by atoms with Gasteiger partial charge in [0.05, 0.1) is 22.1 Å². The third-order valence-electron chi connectivity index (χ3n) is 16.0. The minimum absolute atomic E-state index is 0.165. The third-order valence-corrected chi connectivity index (χ3v) is 16.0. The molecule has 16 rings (SSSR count). The Morgan fingerprint density at radius 1 is 0.266 bits per heavy atom. The van der Waals surface area contributed by atoms with Gasteiger partial charge in [-0.25, -0.2) is 0 Å². The highest BCUT2D eigenvalue weighted by molar-refractivity contribution is 6.98. The third kappa shape index (κ3) is 7.28. The number of anilines is 6. The van der Waals surface area contributed by atoms with E-state index in [-0.39, 0.29) is 6.71 Å². The van der Waals surface area contributed by atoms with Gasteiger partial charge in [-0.3, -0.25) is 0 Å². The molecule has 0 fully saturated rings. The van der Waals surface area contributed by atoms with E-state index in [1.165, 1.54) is 32.6 Å². The van der Waals surface area contributed by atoms with Crippen molar-refractivity contribution in [3.63, 3.8) is 0 Å². The molecule has 2 aliphatic heterocycles. The molecule has 0 unspecified atom stereocenters. The quantitative estimate of drug-likeness (QED) is 0.135. The van der Waals surface area contributed by atoms with Crippen LogP contribution >= 0.6 is 0 Å². The Morgan fingerprint density at radius 2 is 0.633 bits per heavy atom. The summed E-state index contributed by atoms with van der Waals surface area (Å²) in [6.07, 6.45) is 0. The second-order valence-electron chi connectivity index (χ2n) is 20.5. The zero-order chi connectivity index (χ0) is 52.0. The normalized spacial score (nSPS) is 12.2. The van der Waals surface area contributed by atoms with E-state index in [1.54, 1.807) is 0 Å². The summed E-state index contributed by atoms with van der Waals surface area (Å²) >= 11 is 0. The maximum absolute atomic E-state index is 7.20. The summed E-state index contributed by atoms with van der Waals surface area (Å²) in [5.74, 6) is 3.19. The summed E-state index contributed by atoms with van der Waals surface area (Å²) < 4.78 is 19.1. The molecule has 7 heteroatoms. The Balaban J connectivity index is 0.848. The van der Waals surface area contributed by atoms with Gasteiger partial charge in [-0.15, -0.1) is 0 Å². The number of ether oxygens (including phenoxy) is 2. The fourth-order valence-electron chi connectivity index (χ4n) is 12.5. The molecule has 370 valence electrons. The highest BCUT2D eigenvalue weighted by Gasteiger charge is 2.41. The molecule has 0 amide bonds. The van der Waals surface area contributed by atoms with Gasteiger partial charge in [-0.1, -0.05) is 152 Å². The van der Waals surface area contributed by atoms with Crippen LogP contribution in [0.15, 0.2) is 285 Å². The molecule has 0 bridgehead atoms. The molecular formula is C72H47BN4O2. The molecule has 6 nitrogen and oxygen atoms in total. The first-order chi connectivity index (χ1) is 39.2. The van der Waals surface area contributed by atoms with Gasteiger partial charge >= 0.3 is 0 Å². The smallest absolute Gasteiger partial charge is 0.260 e. The minimum Gasteiger partial charge on any atom is -0.458 e. The van der Waals surface area contributed by atoms with E-state index in [1.807, 2.05) is 0 Å². The Bertz CT molecular complexity index is 4400. The van der Waals surface area contributed by atoms with E-state index < -0.39 is 0 Å². The lowest BCUT2D eigenvalue weighted by atomic mass is 9.35. The molecule has 79 heavy (non-hydrogen) atoms. The van der Waals surface area contributed by atoms with Crippen LogP contribution in [0, 0.1) is 0 Å². The molecule has 0 saturated carbocycles. The van der Waals surface area contributed by atoms with Crippen molar-refractivity contribution in [2.75, 3.05) is 9.80 Å². The summed E-state index contributed by atoms with van der Waals surface area (Å²) in [7, 11) is 0. The van der Waals surface area contributed by atoms with Crippen LogP contribution in [0.5, 0.6) is 23.0 Å². The molecule has 14 aromatic rings. The lowest BCUT2D eigenvalue weighted by Gasteiger charge is -2.35. The Kier molecular flexibility index (Phi) is 10.2. The SMILES string of the molecule is c1ccc(-c2cc3c4c(c2)Oc2cc(N(c5ccccc5)c5ccc6c(c5)c5ccccc5n6-c5ccccc5)ccc2B4c2ccc(N(c4ccccc4)c4ccc5c(c4)c4ccccc4n5-c4ccccc4)cc2O3)cc1. The average molecular weight is 1010 g/mol. The summed E-state index contributed by atoms with van der Waals surface area (Å²) in [5.41, 5.74) is 18.4. The molecule has 12 aromatic carbocycles. The van der Waals surface area contributed by atoms with E-state index in [0.29, 0.717) is 0 Å². The first-order valence-electron chi connectivity index (χ1n) is 26.9. The number of aromatic nitrogens is 2. The number of para-hydroxylation sites is 6. The molecular weight excluding hydrogens is 964 g/mol. The average Bonchev–Trinajstić information content (AvgIpc) is 4.16. The van der Waals surface area contributed by atoms with Crippen LogP contribution in [0.1, 0.15) is 0 Å². The van der Waals surface area contributed by atoms with Gasteiger partial charge in [-0.2, -0.15) is 0 Å². The molecule has 0 radical (unpaired) electrons. The van der Waals surface area contributed by atoms with Crippen molar-refractivity contribution in [2.45, 2.75) is 0 Å². The molecule has 2 aliphatic rings. The number of rotatable bonds is 9. The van der Waals surface area contributed by atoms with E-state index in [4.69, 9.17) is 9.47 Å². The zero-order valence-corrected chi connectivity index (χ0v) is 42.8. The van der Waals surface area contributed by atoms with Gasteiger partial charge in [0.15, 0.2) is 0 Å². The molecule has 0 atom stereocenters. The van der Waals surface area contributed by atoms with Crippen molar-refractivity contribution in [2.24, 2.45) is 0 Å². The van der Waals surface area contributed by atoms with Crippen molar-refractivity contribution >= 4 is 101 Å². The van der Waals surface area contributed by atoms with Crippen molar-refractivity contribution in [1.82, 2.24) is 9.13 Å². The van der Waals surface area contributed by atoms with Gasteiger partial charge in [0, 0.05) is 84.6 Å². The number of benzene rings is 12. The van der Waals surface area contributed by atoms with Crippen LogP contribution < -0.4 is 35.7 Å². The number of hydrogen-bond acceptors (Lipinski definition) is 4. The topological polar surface area (TPSA) is 34.8 Å². The predicted molar refractivity (Wildman–Crippen MR) is 328 cm³/mol. The van der Waals surface area contributed by atoms with Crippen molar-refractivity contribution in [3.05, 3.63) is 285 Å². The Morgan fingerprint density at radius 3 is 1.09 bits per heavy atom. The van der Waals surface area contributed by atoms with Crippen LogP contribution in [0.3, 0.4) is 0 Å². The van der Waals surface area contributed by atoms with Crippen LogP contribution in [0.2, 0.25) is 0 Å². The first kappa shape index (κ1) is 44.8. The van der Waals surface area contributed by atoms with Crippen LogP contribution in [0.25, 0.3) is 66.1 Å². The van der Waals surface area contributed by atoms with Crippen molar-refractivity contribution < 1.29 is 9.47 Å². The first-order valence-corrected chi connectivity index (χ1v) is 26.9. The van der Waals surface area contributed by atoms with Crippen LogP contribution in [0.4, 0.5) is 34.1 Å². The number of fused-ring (bicyclic) bond motifs is 10. The fourth-order valence-corrected chi connectivity index (χ4v) is 12.5. The largest absolute Gasteiger partial charge is 0.458 e. The highest BCUT2D eigenvalue weighted by atomic mass is 16.5. The van der Waals surface area contributed by atoms with Crippen LogP contribution in [-0.4, -0.2) is 15.8 Å². The monoisotopic (exact) mass is 1010 g/mol. The number of hydrogen-bond donors (Lipinski definition) is 0. The Labute approximate surface area is 457 Å². The summed E-state index contributed by atoms with van der Waals surface area (Å²) in [6.45, 7) is -0.165. The standard InChI is InChI=1S/C72H47BN4O2/c1-6-20-48(21-7-1)49-42-70-72-71(43-49)79-69-47-57(75(51-24-10-3-11-25-51)55-37-41-67-61(45-55)59-31-17-19-33-65(59)77(67)53-28-14-5-15-29-53)35-39-63(69)73(72)62-38-34-56(46-68(62)78-70)74(50-22-8-2-9-23-50)54-36-40-66-60(44-54)58-30-16-18-32-64(58)76(66)52-26-12-4-13-27-52/h1-47H. The Hall–Kier alpha value is -10.5. The lowest BCUT2D eigenvalue weighted by molar-refractivity contribution is 0.465. The van der Waals surface area contributed by atoms with Crippen LogP contribution in [-0.2, 0) is 0 Å². The lowest BCUT2D eigenvalue weighted by Crippen LogP contribution is -2.57. The van der Waals surface area contributed by atoms with Gasteiger partial charge in [0.2, 0.25) is 0 Å². The fraction of sp³-hybridized carbons (Fsp3) is 0. The molecule has 0 N–H and O–H groups in total. The minimum atomic E-state index is -0.165. The summed E-state index contributed by atoms with van der Waals surface area (Å²) in [4.78, 5) is 4.69. The zero-order valence-electron chi connectivity index (χ0n) is 42.8. The second-order valence-corrected chi connectivity index (χ2v) is 20.5. The summed E-state index contributed by atoms with van der Waals surface area (Å²) in [6, 6.07) is 102. The van der Waals surface area contributed by atoms with E-state index in [9.17, 15) is 0 Å². The van der Waals surface area contributed by atoms with E-state index in [0.717, 1.165) is 107 Å². The van der Waals surface area contributed by atoms with E-state index >= 15 is 0 Å². The van der Waals surface area contributed by atoms with Gasteiger partial charge in [0.1, 0.15) is 23.0 Å². The van der Waals surface area contributed by atoms with Crippen molar-refractivity contribution in [1.29, 1.82) is 0 Å².